The van der Waals surface area contributed by atoms with Gasteiger partial charge in [0.1, 0.15) is 17.4 Å². The Bertz CT molecular complexity index is 1260. The number of hydrogen-bond acceptors (Lipinski definition) is 7. The van der Waals surface area contributed by atoms with Gasteiger partial charge in [-0.2, -0.15) is 9.40 Å². The van der Waals surface area contributed by atoms with Crippen LogP contribution in [0.2, 0.25) is 5.02 Å². The Balaban J connectivity index is 1.78. The van der Waals surface area contributed by atoms with Gasteiger partial charge < -0.3 is 20.8 Å². The lowest BCUT2D eigenvalue weighted by Gasteiger charge is -2.20. The number of aliphatic hydroxyl groups excluding tert-OH is 2. The van der Waals surface area contributed by atoms with Crippen LogP contribution in [0.3, 0.4) is 0 Å². The van der Waals surface area contributed by atoms with Crippen LogP contribution >= 0.6 is 11.6 Å². The summed E-state index contributed by atoms with van der Waals surface area (Å²) in [6.45, 7) is -0.981. The van der Waals surface area contributed by atoms with E-state index < -0.39 is 27.6 Å². The molecule has 1 heterocycles. The van der Waals surface area contributed by atoms with Crippen molar-refractivity contribution in [3.05, 3.63) is 52.9 Å². The number of fused-ring (bicyclic) bond motifs is 1. The Morgan fingerprint density at radius 1 is 1.15 bits per heavy atom. The van der Waals surface area contributed by atoms with Crippen molar-refractivity contribution in [3.8, 4) is 0 Å². The van der Waals surface area contributed by atoms with Crippen LogP contribution in [0, 0.1) is 5.82 Å². The molecule has 0 bridgehead atoms. The van der Waals surface area contributed by atoms with Crippen molar-refractivity contribution in [1.29, 1.82) is 0 Å². The lowest BCUT2D eigenvalue weighted by molar-refractivity contribution is 0.101. The second-order valence-corrected chi connectivity index (χ2v) is 9.44. The second kappa shape index (κ2) is 10.4. The van der Waals surface area contributed by atoms with Gasteiger partial charge in [-0.1, -0.05) is 11.6 Å². The first-order chi connectivity index (χ1) is 15.7. The number of benzene rings is 2. The zero-order valence-electron chi connectivity index (χ0n) is 17.6. The SMILES string of the molecule is Cn1nc2cc(NCS(=O)(=O)N(CCO)CCO)ccc2c1C(=O)Nc1ccc(F)c(Cl)c1. The molecule has 0 saturated carbocycles. The summed E-state index contributed by atoms with van der Waals surface area (Å²) in [7, 11) is -2.19. The zero-order chi connectivity index (χ0) is 24.2. The molecule has 0 aliphatic heterocycles. The smallest absolute Gasteiger partial charge is 0.274 e. The van der Waals surface area contributed by atoms with Gasteiger partial charge in [-0.15, -0.1) is 0 Å². The molecule has 0 fully saturated rings. The Morgan fingerprint density at radius 2 is 1.82 bits per heavy atom. The summed E-state index contributed by atoms with van der Waals surface area (Å²) < 4.78 is 40.6. The minimum absolute atomic E-state index is 0.120. The minimum Gasteiger partial charge on any atom is -0.395 e. The standard InChI is InChI=1S/C20H23ClFN5O5S/c1-26-19(20(30)24-14-3-5-17(22)16(21)10-14)15-4-2-13(11-18(15)25-26)23-12-33(31,32)27(6-8-28)7-9-29/h2-5,10-11,23,28-29H,6-9,12H2,1H3,(H,24,30). The summed E-state index contributed by atoms with van der Waals surface area (Å²) in [5, 5.41) is 28.3. The molecule has 33 heavy (non-hydrogen) atoms. The topological polar surface area (TPSA) is 137 Å². The van der Waals surface area contributed by atoms with Crippen LogP contribution < -0.4 is 10.6 Å². The quantitative estimate of drug-likeness (QED) is 0.332. The number of nitrogens with one attached hydrogen (secondary N) is 2. The molecule has 0 aliphatic carbocycles. The summed E-state index contributed by atoms with van der Waals surface area (Å²) in [6.07, 6.45) is 0. The van der Waals surface area contributed by atoms with Crippen LogP contribution in [-0.4, -0.2) is 70.8 Å². The highest BCUT2D eigenvalue weighted by atomic mass is 35.5. The molecule has 10 nitrogen and oxygen atoms in total. The molecule has 0 aliphatic rings. The van der Waals surface area contributed by atoms with E-state index in [2.05, 4.69) is 15.7 Å². The number of amides is 1. The number of aliphatic hydroxyl groups is 2. The van der Waals surface area contributed by atoms with Gasteiger partial charge in [-0.3, -0.25) is 9.48 Å². The van der Waals surface area contributed by atoms with Crippen molar-refractivity contribution >= 4 is 49.8 Å². The fourth-order valence-corrected chi connectivity index (χ4v) is 4.65. The highest BCUT2D eigenvalue weighted by Gasteiger charge is 2.22. The fraction of sp³-hybridized carbons (Fsp3) is 0.300. The molecule has 1 aromatic heterocycles. The fourth-order valence-electron chi connectivity index (χ4n) is 3.22. The van der Waals surface area contributed by atoms with E-state index >= 15 is 0 Å². The number of aryl methyl sites for hydroxylation is 1. The normalized spacial score (nSPS) is 11.8. The van der Waals surface area contributed by atoms with Crippen molar-refractivity contribution in [1.82, 2.24) is 14.1 Å². The number of nitrogens with zero attached hydrogens (tertiary/aromatic N) is 3. The maximum atomic E-state index is 13.4. The summed E-state index contributed by atoms with van der Waals surface area (Å²) >= 11 is 5.76. The van der Waals surface area contributed by atoms with Crippen LogP contribution in [0.4, 0.5) is 15.8 Å². The van der Waals surface area contributed by atoms with Crippen LogP contribution in [0.15, 0.2) is 36.4 Å². The molecule has 3 rings (SSSR count). The number of carbonyl (C=O) groups excluding carboxylic acids is 1. The number of sulfonamides is 1. The van der Waals surface area contributed by atoms with Gasteiger partial charge in [-0.25, -0.2) is 12.8 Å². The first-order valence-electron chi connectivity index (χ1n) is 9.83. The third-order valence-electron chi connectivity index (χ3n) is 4.78. The molecule has 0 spiro atoms. The predicted molar refractivity (Wildman–Crippen MR) is 123 cm³/mol. The van der Waals surface area contributed by atoms with Crippen LogP contribution in [0.5, 0.6) is 0 Å². The molecule has 0 radical (unpaired) electrons. The van der Waals surface area contributed by atoms with Crippen molar-refractivity contribution in [2.75, 3.05) is 42.8 Å². The van der Waals surface area contributed by atoms with E-state index in [1.54, 1.807) is 25.2 Å². The van der Waals surface area contributed by atoms with Gasteiger partial charge in [0.2, 0.25) is 10.0 Å². The van der Waals surface area contributed by atoms with E-state index in [1.807, 2.05) is 0 Å². The van der Waals surface area contributed by atoms with Crippen LogP contribution in [0.25, 0.3) is 10.9 Å². The van der Waals surface area contributed by atoms with Crippen molar-refractivity contribution in [3.63, 3.8) is 0 Å². The van der Waals surface area contributed by atoms with E-state index in [9.17, 15) is 17.6 Å². The van der Waals surface area contributed by atoms with Gasteiger partial charge in [0.15, 0.2) is 0 Å². The maximum absolute atomic E-state index is 13.4. The number of anilines is 2. The highest BCUT2D eigenvalue weighted by Crippen LogP contribution is 2.24. The monoisotopic (exact) mass is 499 g/mol. The molecule has 3 aromatic rings. The van der Waals surface area contributed by atoms with E-state index in [-0.39, 0.29) is 37.0 Å². The molecular formula is C20H23ClFN5O5S. The minimum atomic E-state index is -3.78. The van der Waals surface area contributed by atoms with E-state index in [0.29, 0.717) is 22.3 Å². The third kappa shape index (κ3) is 5.78. The zero-order valence-corrected chi connectivity index (χ0v) is 19.2. The Hall–Kier alpha value is -2.77. The molecule has 1 amide bonds. The molecule has 4 N–H and O–H groups in total. The second-order valence-electron chi connectivity index (χ2n) is 7.07. The predicted octanol–water partition coefficient (Wildman–Crippen LogP) is 1.60. The molecule has 0 unspecified atom stereocenters. The first-order valence-corrected chi connectivity index (χ1v) is 11.8. The lowest BCUT2D eigenvalue weighted by Crippen LogP contribution is -2.39. The van der Waals surface area contributed by atoms with Crippen LogP contribution in [-0.2, 0) is 17.1 Å². The lowest BCUT2D eigenvalue weighted by atomic mass is 10.1. The maximum Gasteiger partial charge on any atom is 0.274 e. The van der Waals surface area contributed by atoms with E-state index in [0.717, 1.165) is 10.4 Å². The first kappa shape index (κ1) is 24.9. The molecule has 178 valence electrons. The molecular weight excluding hydrogens is 477 g/mol. The molecule has 0 atom stereocenters. The Labute approximate surface area is 194 Å². The Morgan fingerprint density at radius 3 is 2.45 bits per heavy atom. The van der Waals surface area contributed by atoms with Gasteiger partial charge >= 0.3 is 0 Å². The number of carbonyl (C=O) groups is 1. The van der Waals surface area contributed by atoms with Gasteiger partial charge in [-0.05, 0) is 36.4 Å². The van der Waals surface area contributed by atoms with E-state index in [1.165, 1.54) is 16.8 Å². The van der Waals surface area contributed by atoms with Gasteiger partial charge in [0.25, 0.3) is 5.91 Å². The van der Waals surface area contributed by atoms with Gasteiger partial charge in [0, 0.05) is 36.9 Å². The molecule has 0 saturated heterocycles. The van der Waals surface area contributed by atoms with E-state index in [4.69, 9.17) is 21.8 Å². The number of halogens is 2. The summed E-state index contributed by atoms with van der Waals surface area (Å²) in [5.74, 6) is -1.53. The molecule has 2 aromatic carbocycles. The summed E-state index contributed by atoms with van der Waals surface area (Å²) in [5.41, 5.74) is 1.47. The Kier molecular flexibility index (Phi) is 7.87. The molecule has 13 heteroatoms. The van der Waals surface area contributed by atoms with Crippen molar-refractivity contribution in [2.45, 2.75) is 0 Å². The average molecular weight is 500 g/mol. The highest BCUT2D eigenvalue weighted by molar-refractivity contribution is 7.89. The van der Waals surface area contributed by atoms with Crippen molar-refractivity contribution < 1.29 is 27.8 Å². The number of rotatable bonds is 10. The summed E-state index contributed by atoms with van der Waals surface area (Å²) in [4.78, 5) is 12.8. The third-order valence-corrected chi connectivity index (χ3v) is 6.73. The van der Waals surface area contributed by atoms with Gasteiger partial charge in [0.05, 0.1) is 23.8 Å². The number of hydrogen-bond donors (Lipinski definition) is 4. The van der Waals surface area contributed by atoms with Crippen molar-refractivity contribution in [2.24, 2.45) is 7.05 Å². The number of aromatic nitrogens is 2. The largest absolute Gasteiger partial charge is 0.395 e. The average Bonchev–Trinajstić information content (AvgIpc) is 3.09. The van der Waals surface area contributed by atoms with Crippen LogP contribution in [0.1, 0.15) is 10.5 Å². The summed E-state index contributed by atoms with van der Waals surface area (Å²) in [6, 6.07) is 8.66.